The summed E-state index contributed by atoms with van der Waals surface area (Å²) in [7, 11) is 0. The minimum absolute atomic E-state index is 0.0477. The Labute approximate surface area is 176 Å². The van der Waals surface area contributed by atoms with Gasteiger partial charge in [-0.15, -0.1) is 10.2 Å². The van der Waals surface area contributed by atoms with Gasteiger partial charge in [0.05, 0.1) is 5.75 Å². The Morgan fingerprint density at radius 1 is 1.10 bits per heavy atom. The second-order valence-corrected chi connectivity index (χ2v) is 8.52. The molecule has 8 heteroatoms. The molecule has 4 rings (SSSR count). The van der Waals surface area contributed by atoms with Crippen molar-refractivity contribution in [2.75, 3.05) is 22.5 Å². The highest BCUT2D eigenvalue weighted by Gasteiger charge is 2.24. The monoisotopic (exact) mass is 422 g/mol. The van der Waals surface area contributed by atoms with Crippen LogP contribution in [0.25, 0.3) is 6.08 Å². The highest BCUT2D eigenvalue weighted by molar-refractivity contribution is 8.01. The Morgan fingerprint density at radius 2 is 1.90 bits per heavy atom. The van der Waals surface area contributed by atoms with E-state index in [2.05, 4.69) is 21.6 Å². The van der Waals surface area contributed by atoms with Crippen LogP contribution in [0, 0.1) is 0 Å². The molecule has 2 aromatic carbocycles. The Bertz CT molecular complexity index is 1050. The van der Waals surface area contributed by atoms with E-state index in [0.717, 1.165) is 17.7 Å². The van der Waals surface area contributed by atoms with E-state index in [0.29, 0.717) is 16.0 Å². The first-order valence-corrected chi connectivity index (χ1v) is 10.9. The smallest absolute Gasteiger partial charge is 0.250 e. The summed E-state index contributed by atoms with van der Waals surface area (Å²) in [4.78, 5) is 26.4. The third-order valence-electron chi connectivity index (χ3n) is 4.37. The molecule has 2 heterocycles. The molecule has 0 bridgehead atoms. The number of fused-ring (bicyclic) bond motifs is 1. The summed E-state index contributed by atoms with van der Waals surface area (Å²) in [6.07, 6.45) is 4.08. The van der Waals surface area contributed by atoms with Crippen molar-refractivity contribution in [3.05, 3.63) is 71.8 Å². The number of hydrogen-bond donors (Lipinski definition) is 1. The molecule has 0 radical (unpaired) electrons. The van der Waals surface area contributed by atoms with Gasteiger partial charge in [0.25, 0.3) is 0 Å². The van der Waals surface area contributed by atoms with Crippen LogP contribution in [0.4, 0.5) is 10.8 Å². The van der Waals surface area contributed by atoms with Gasteiger partial charge in [0.15, 0.2) is 4.34 Å². The van der Waals surface area contributed by atoms with Gasteiger partial charge in [0.1, 0.15) is 0 Å². The lowest BCUT2D eigenvalue weighted by atomic mass is 10.2. The van der Waals surface area contributed by atoms with Gasteiger partial charge in [-0.3, -0.25) is 14.9 Å². The van der Waals surface area contributed by atoms with E-state index in [1.807, 2.05) is 53.4 Å². The predicted octanol–water partition coefficient (Wildman–Crippen LogP) is 3.87. The average molecular weight is 423 g/mol. The minimum atomic E-state index is -0.272. The molecule has 146 valence electrons. The maximum Gasteiger partial charge on any atom is 0.250 e. The van der Waals surface area contributed by atoms with Crippen molar-refractivity contribution >= 4 is 51.8 Å². The van der Waals surface area contributed by atoms with Crippen LogP contribution in [0.2, 0.25) is 0 Å². The second-order valence-electron chi connectivity index (χ2n) is 6.32. The highest BCUT2D eigenvalue weighted by Crippen LogP contribution is 2.30. The molecule has 3 aromatic rings. The van der Waals surface area contributed by atoms with E-state index < -0.39 is 0 Å². The molecule has 1 aromatic heterocycles. The van der Waals surface area contributed by atoms with Crippen LogP contribution in [0.1, 0.15) is 11.1 Å². The van der Waals surface area contributed by atoms with Crippen LogP contribution in [-0.2, 0) is 16.0 Å². The number of para-hydroxylation sites is 1. The molecule has 1 aliphatic heterocycles. The van der Waals surface area contributed by atoms with E-state index >= 15 is 0 Å². The lowest BCUT2D eigenvalue weighted by Crippen LogP contribution is -2.30. The fourth-order valence-corrected chi connectivity index (χ4v) is 4.63. The van der Waals surface area contributed by atoms with Gasteiger partial charge in [0.2, 0.25) is 16.9 Å². The molecular formula is C21H18N4O2S2. The first kappa shape index (κ1) is 19.4. The third kappa shape index (κ3) is 4.90. The lowest BCUT2D eigenvalue weighted by Gasteiger charge is -2.16. The molecule has 0 saturated carbocycles. The molecule has 0 aliphatic carbocycles. The van der Waals surface area contributed by atoms with Crippen LogP contribution in [0.15, 0.2) is 65.0 Å². The number of benzene rings is 2. The fourth-order valence-electron chi connectivity index (χ4n) is 3.00. The summed E-state index contributed by atoms with van der Waals surface area (Å²) in [6, 6.07) is 17.6. The summed E-state index contributed by atoms with van der Waals surface area (Å²) in [5.41, 5.74) is 3.14. The number of nitrogens with zero attached hydrogens (tertiary/aromatic N) is 3. The normalized spacial score (nSPS) is 12.9. The zero-order chi connectivity index (χ0) is 20.1. The first-order chi connectivity index (χ1) is 14.2. The summed E-state index contributed by atoms with van der Waals surface area (Å²) < 4.78 is 0.646. The van der Waals surface area contributed by atoms with Gasteiger partial charge in [0, 0.05) is 18.3 Å². The zero-order valence-corrected chi connectivity index (χ0v) is 17.1. The van der Waals surface area contributed by atoms with Crippen LogP contribution < -0.4 is 10.2 Å². The summed E-state index contributed by atoms with van der Waals surface area (Å²) in [6.45, 7) is 0.712. The second kappa shape index (κ2) is 9.02. The van der Waals surface area contributed by atoms with Crippen LogP contribution >= 0.6 is 23.1 Å². The van der Waals surface area contributed by atoms with Crippen molar-refractivity contribution in [1.82, 2.24) is 10.2 Å². The Balaban J connectivity index is 1.29. The Hall–Kier alpha value is -2.97. The molecule has 2 amide bonds. The van der Waals surface area contributed by atoms with Gasteiger partial charge < -0.3 is 4.90 Å². The van der Waals surface area contributed by atoms with Gasteiger partial charge in [-0.1, -0.05) is 71.6 Å². The van der Waals surface area contributed by atoms with E-state index in [9.17, 15) is 9.59 Å². The van der Waals surface area contributed by atoms with Crippen molar-refractivity contribution in [1.29, 1.82) is 0 Å². The molecule has 0 unspecified atom stereocenters. The fraction of sp³-hybridized carbons (Fsp3) is 0.143. The standard InChI is InChI=1S/C21H18N4O2S2/c26-18(11-10-15-6-2-1-3-7-15)22-20-23-24-21(29-20)28-14-19(27)25-13-12-16-8-4-5-9-17(16)25/h1-11H,12-14H2,(H,22,23,26). The van der Waals surface area contributed by atoms with Gasteiger partial charge in [-0.2, -0.15) is 0 Å². The average Bonchev–Trinajstić information content (AvgIpc) is 3.38. The number of thioether (sulfide) groups is 1. The van der Waals surface area contributed by atoms with Crippen LogP contribution in [0.3, 0.4) is 0 Å². The van der Waals surface area contributed by atoms with Crippen molar-refractivity contribution < 1.29 is 9.59 Å². The van der Waals surface area contributed by atoms with Gasteiger partial charge in [-0.25, -0.2) is 0 Å². The van der Waals surface area contributed by atoms with E-state index in [1.54, 1.807) is 6.08 Å². The summed E-state index contributed by atoms with van der Waals surface area (Å²) in [5, 5.41) is 11.1. The van der Waals surface area contributed by atoms with E-state index in [1.165, 1.54) is 34.7 Å². The molecule has 29 heavy (non-hydrogen) atoms. The maximum absolute atomic E-state index is 12.6. The number of carbonyl (C=O) groups is 2. The third-order valence-corrected chi connectivity index (χ3v) is 6.33. The van der Waals surface area contributed by atoms with Crippen molar-refractivity contribution in [2.24, 2.45) is 0 Å². The molecule has 0 spiro atoms. The van der Waals surface area contributed by atoms with Gasteiger partial charge in [-0.05, 0) is 29.7 Å². The molecule has 1 N–H and O–H groups in total. The van der Waals surface area contributed by atoms with E-state index in [-0.39, 0.29) is 17.6 Å². The van der Waals surface area contributed by atoms with E-state index in [4.69, 9.17) is 0 Å². The highest BCUT2D eigenvalue weighted by atomic mass is 32.2. The predicted molar refractivity (Wildman–Crippen MR) is 117 cm³/mol. The van der Waals surface area contributed by atoms with Crippen LogP contribution in [-0.4, -0.2) is 34.3 Å². The Kier molecular flexibility index (Phi) is 6.02. The topological polar surface area (TPSA) is 75.2 Å². The van der Waals surface area contributed by atoms with Crippen LogP contribution in [0.5, 0.6) is 0 Å². The number of carbonyl (C=O) groups excluding carboxylic acids is 2. The summed E-state index contributed by atoms with van der Waals surface area (Å²) in [5.74, 6) is 0.0583. The number of aromatic nitrogens is 2. The maximum atomic E-state index is 12.6. The molecule has 0 saturated heterocycles. The SMILES string of the molecule is O=C(C=Cc1ccccc1)Nc1nnc(SCC(=O)N2CCc3ccccc32)s1. The minimum Gasteiger partial charge on any atom is -0.311 e. The van der Waals surface area contributed by atoms with Crippen molar-refractivity contribution in [3.8, 4) is 0 Å². The zero-order valence-electron chi connectivity index (χ0n) is 15.4. The molecule has 1 aliphatic rings. The summed E-state index contributed by atoms with van der Waals surface area (Å²) >= 11 is 2.59. The van der Waals surface area contributed by atoms with Crippen molar-refractivity contribution in [2.45, 2.75) is 10.8 Å². The quantitative estimate of drug-likeness (QED) is 0.371. The number of nitrogens with one attached hydrogen (secondary N) is 1. The van der Waals surface area contributed by atoms with Gasteiger partial charge >= 0.3 is 0 Å². The number of anilines is 2. The molecular weight excluding hydrogens is 404 g/mol. The number of rotatable bonds is 6. The largest absolute Gasteiger partial charge is 0.311 e. The molecule has 0 fully saturated rings. The molecule has 6 nitrogen and oxygen atoms in total. The first-order valence-electron chi connectivity index (χ1n) is 9.08. The molecule has 0 atom stereocenters. The number of amides is 2. The number of hydrogen-bond acceptors (Lipinski definition) is 6. The lowest BCUT2D eigenvalue weighted by molar-refractivity contribution is -0.116. The van der Waals surface area contributed by atoms with Crippen molar-refractivity contribution in [3.63, 3.8) is 0 Å². The Morgan fingerprint density at radius 3 is 2.76 bits per heavy atom.